The second-order valence-electron chi connectivity index (χ2n) is 8.16. The number of nitrogens with zero attached hydrogens (tertiary/aromatic N) is 2. The van der Waals surface area contributed by atoms with Gasteiger partial charge in [0, 0.05) is 0 Å². The van der Waals surface area contributed by atoms with Crippen LogP contribution in [-0.4, -0.2) is 24.5 Å². The van der Waals surface area contributed by atoms with Crippen molar-refractivity contribution in [3.63, 3.8) is 0 Å². The lowest BCUT2D eigenvalue weighted by Crippen LogP contribution is -2.54. The highest BCUT2D eigenvalue weighted by atomic mass is 15.1. The largest absolute Gasteiger partial charge is 0.303 e. The van der Waals surface area contributed by atoms with Gasteiger partial charge in [0.15, 0.2) is 0 Å². The van der Waals surface area contributed by atoms with Crippen molar-refractivity contribution < 1.29 is 0 Å². The Kier molecular flexibility index (Phi) is 3.11. The molecule has 0 aromatic rings. The molecule has 110 valence electrons. The zero-order valence-electron chi connectivity index (χ0n) is 12.9. The fourth-order valence-corrected chi connectivity index (χ4v) is 6.62. The second kappa shape index (κ2) is 4.73. The van der Waals surface area contributed by atoms with E-state index in [-0.39, 0.29) is 5.41 Å². The highest BCUT2D eigenvalue weighted by Gasteiger charge is 2.56. The first-order valence-corrected chi connectivity index (χ1v) is 8.87. The summed E-state index contributed by atoms with van der Waals surface area (Å²) in [5.41, 5.74) is 0.0360. The van der Waals surface area contributed by atoms with Gasteiger partial charge in [0.2, 0.25) is 0 Å². The molecule has 1 heterocycles. The van der Waals surface area contributed by atoms with Crippen LogP contribution in [0.4, 0.5) is 0 Å². The molecule has 0 spiro atoms. The first kappa shape index (κ1) is 13.1. The van der Waals surface area contributed by atoms with Crippen LogP contribution in [-0.2, 0) is 0 Å². The van der Waals surface area contributed by atoms with Crippen LogP contribution in [0.25, 0.3) is 0 Å². The van der Waals surface area contributed by atoms with E-state index < -0.39 is 0 Å². The number of likely N-dealkylation sites (tertiary alicyclic amines) is 1. The molecule has 0 unspecified atom stereocenters. The number of hydrogen-bond acceptors (Lipinski definition) is 2. The van der Waals surface area contributed by atoms with Crippen LogP contribution in [0.3, 0.4) is 0 Å². The van der Waals surface area contributed by atoms with E-state index in [1.54, 1.807) is 0 Å². The first-order chi connectivity index (χ1) is 9.74. The highest BCUT2D eigenvalue weighted by molar-refractivity contribution is 5.13. The van der Waals surface area contributed by atoms with Crippen LogP contribution in [0.2, 0.25) is 0 Å². The maximum Gasteiger partial charge on any atom is 0.0693 e. The lowest BCUT2D eigenvalue weighted by Gasteiger charge is -2.59. The van der Waals surface area contributed by atoms with Crippen LogP contribution in [0.15, 0.2) is 0 Å². The molecule has 4 saturated carbocycles. The minimum Gasteiger partial charge on any atom is -0.303 e. The van der Waals surface area contributed by atoms with E-state index in [0.29, 0.717) is 0 Å². The normalized spacial score (nSPS) is 46.3. The number of rotatable bonds is 2. The van der Waals surface area contributed by atoms with E-state index in [1.807, 2.05) is 0 Å². The van der Waals surface area contributed by atoms with Gasteiger partial charge in [0.25, 0.3) is 0 Å². The van der Waals surface area contributed by atoms with E-state index >= 15 is 0 Å². The summed E-state index contributed by atoms with van der Waals surface area (Å²) >= 11 is 0. The Balaban J connectivity index is 1.58. The number of hydrogen-bond donors (Lipinski definition) is 0. The van der Waals surface area contributed by atoms with E-state index in [0.717, 1.165) is 62.1 Å². The van der Waals surface area contributed by atoms with Crippen molar-refractivity contribution in [1.82, 2.24) is 4.90 Å². The van der Waals surface area contributed by atoms with Gasteiger partial charge >= 0.3 is 0 Å². The molecule has 5 aliphatic rings. The smallest absolute Gasteiger partial charge is 0.0693 e. The minimum atomic E-state index is 0.0360. The maximum absolute atomic E-state index is 10.0. The van der Waals surface area contributed by atoms with Gasteiger partial charge in [-0.25, -0.2) is 0 Å². The fourth-order valence-electron chi connectivity index (χ4n) is 6.62. The topological polar surface area (TPSA) is 27.0 Å². The molecule has 4 bridgehead atoms. The Hall–Kier alpha value is -0.550. The van der Waals surface area contributed by atoms with Crippen LogP contribution >= 0.6 is 0 Å². The molecule has 1 aliphatic heterocycles. The summed E-state index contributed by atoms with van der Waals surface area (Å²) in [5.74, 6) is 4.61. The van der Waals surface area contributed by atoms with Crippen LogP contribution in [0, 0.1) is 46.3 Å². The molecular weight excluding hydrogens is 244 g/mol. The summed E-state index contributed by atoms with van der Waals surface area (Å²) in [6, 6.07) is 2.86. The summed E-state index contributed by atoms with van der Waals surface area (Å²) in [6.45, 7) is 5.73. The predicted octanol–water partition coefficient (Wildman–Crippen LogP) is 3.68. The van der Waals surface area contributed by atoms with Gasteiger partial charge in [0.1, 0.15) is 0 Å². The van der Waals surface area contributed by atoms with Gasteiger partial charge in [-0.15, -0.1) is 0 Å². The Morgan fingerprint density at radius 3 is 2.00 bits per heavy atom. The number of piperidine rings is 1. The van der Waals surface area contributed by atoms with Gasteiger partial charge < -0.3 is 4.90 Å². The molecule has 2 nitrogen and oxygen atoms in total. The van der Waals surface area contributed by atoms with Crippen molar-refractivity contribution in [3.05, 3.63) is 0 Å². The molecule has 0 aromatic carbocycles. The minimum absolute atomic E-state index is 0.0360. The van der Waals surface area contributed by atoms with Crippen molar-refractivity contribution in [1.29, 1.82) is 5.26 Å². The quantitative estimate of drug-likeness (QED) is 0.766. The monoisotopic (exact) mass is 272 g/mol. The molecule has 2 heteroatoms. The Morgan fingerprint density at radius 1 is 1.00 bits per heavy atom. The molecule has 5 fully saturated rings. The second-order valence-corrected chi connectivity index (χ2v) is 8.16. The molecule has 0 amide bonds. The molecule has 1 saturated heterocycles. The summed E-state index contributed by atoms with van der Waals surface area (Å²) in [7, 11) is 0. The lowest BCUT2D eigenvalue weighted by atomic mass is 9.45. The average Bonchev–Trinajstić information content (AvgIpc) is 2.46. The average molecular weight is 272 g/mol. The van der Waals surface area contributed by atoms with E-state index in [1.165, 1.54) is 32.1 Å². The number of nitriles is 1. The summed E-state index contributed by atoms with van der Waals surface area (Å²) < 4.78 is 0. The third-order valence-corrected chi connectivity index (χ3v) is 7.28. The molecule has 20 heavy (non-hydrogen) atoms. The van der Waals surface area contributed by atoms with Crippen LogP contribution < -0.4 is 0 Å². The van der Waals surface area contributed by atoms with E-state index in [2.05, 4.69) is 17.9 Å². The molecule has 4 aliphatic carbocycles. The van der Waals surface area contributed by atoms with E-state index in [9.17, 15) is 5.26 Å². The van der Waals surface area contributed by atoms with Crippen LogP contribution in [0.5, 0.6) is 0 Å². The molecule has 5 rings (SSSR count). The van der Waals surface area contributed by atoms with E-state index in [4.69, 9.17) is 0 Å². The first-order valence-electron chi connectivity index (χ1n) is 8.87. The molecule has 0 atom stereocenters. The molecule has 0 radical (unpaired) electrons. The predicted molar refractivity (Wildman–Crippen MR) is 79.9 cm³/mol. The van der Waals surface area contributed by atoms with Gasteiger partial charge in [0.05, 0.1) is 11.5 Å². The zero-order valence-corrected chi connectivity index (χ0v) is 12.9. The van der Waals surface area contributed by atoms with Crippen molar-refractivity contribution in [2.45, 2.75) is 51.9 Å². The fraction of sp³-hybridized carbons (Fsp3) is 0.944. The lowest BCUT2D eigenvalue weighted by molar-refractivity contribution is -0.0943. The summed E-state index contributed by atoms with van der Waals surface area (Å²) in [5, 5.41) is 10.0. The Labute approximate surface area is 123 Å². The molecule has 0 aromatic heterocycles. The zero-order chi connectivity index (χ0) is 13.7. The van der Waals surface area contributed by atoms with Crippen molar-refractivity contribution >= 4 is 0 Å². The van der Waals surface area contributed by atoms with Gasteiger partial charge in [-0.3, -0.25) is 0 Å². The molecular formula is C18H28N2. The van der Waals surface area contributed by atoms with Gasteiger partial charge in [-0.1, -0.05) is 6.92 Å². The summed E-state index contributed by atoms with van der Waals surface area (Å²) in [4.78, 5) is 2.53. The standard InChI is InChI=1S/C18H28N2/c1-2-20-5-3-18(12-19,4-6-20)17-15-8-13-7-14(10-15)11-16(17)9-13/h13-17H,2-11H2,1H3. The maximum atomic E-state index is 10.0. The Bertz CT molecular complexity index is 386. The van der Waals surface area contributed by atoms with Crippen molar-refractivity contribution in [2.24, 2.45) is 35.0 Å². The summed E-state index contributed by atoms with van der Waals surface area (Å²) in [6.07, 6.45) is 9.63. The highest BCUT2D eigenvalue weighted by Crippen LogP contribution is 2.62. The Morgan fingerprint density at radius 2 is 1.55 bits per heavy atom. The molecule has 0 N–H and O–H groups in total. The third-order valence-electron chi connectivity index (χ3n) is 7.28. The van der Waals surface area contributed by atoms with Gasteiger partial charge in [-0.05, 0) is 94.2 Å². The van der Waals surface area contributed by atoms with Crippen LogP contribution in [0.1, 0.15) is 51.9 Å². The SMILES string of the molecule is CCN1CCC(C#N)(C2C3CC4CC(C3)CC2C4)CC1. The van der Waals surface area contributed by atoms with Gasteiger partial charge in [-0.2, -0.15) is 5.26 Å². The van der Waals surface area contributed by atoms with Crippen molar-refractivity contribution in [3.8, 4) is 6.07 Å². The third kappa shape index (κ3) is 1.86. The van der Waals surface area contributed by atoms with Crippen molar-refractivity contribution in [2.75, 3.05) is 19.6 Å².